The number of nitrogens with zero attached hydrogens (tertiary/aromatic N) is 2. The predicted octanol–water partition coefficient (Wildman–Crippen LogP) is 0.499. The van der Waals surface area contributed by atoms with Crippen LogP contribution in [0.4, 0.5) is 4.79 Å². The van der Waals surface area contributed by atoms with E-state index >= 15 is 0 Å². The van der Waals surface area contributed by atoms with Crippen molar-refractivity contribution in [3.8, 4) is 0 Å². The molecular formula is C12H15BN2O4. The molecule has 2 rings (SSSR count). The molecule has 0 unspecified atom stereocenters. The van der Waals surface area contributed by atoms with E-state index in [2.05, 4.69) is 4.98 Å². The first-order valence-corrected chi connectivity index (χ1v) is 5.85. The number of fused-ring (bicyclic) bond motifs is 1. The Hall–Kier alpha value is -1.86. The summed E-state index contributed by atoms with van der Waals surface area (Å²) in [7, 11) is -1.61. The van der Waals surface area contributed by atoms with E-state index in [9.17, 15) is 14.8 Å². The lowest BCUT2D eigenvalue weighted by atomic mass is 9.79. The normalized spacial score (nSPS) is 11.6. The third kappa shape index (κ3) is 2.77. The van der Waals surface area contributed by atoms with Gasteiger partial charge in [0.25, 0.3) is 0 Å². The number of ether oxygens (including phenoxy) is 1. The fourth-order valence-corrected chi connectivity index (χ4v) is 1.74. The highest BCUT2D eigenvalue weighted by atomic mass is 16.6. The molecule has 2 heterocycles. The first-order valence-electron chi connectivity index (χ1n) is 5.85. The van der Waals surface area contributed by atoms with E-state index in [0.29, 0.717) is 16.5 Å². The molecule has 0 saturated carbocycles. The summed E-state index contributed by atoms with van der Waals surface area (Å²) in [6, 6.07) is 3.09. The quantitative estimate of drug-likeness (QED) is 0.731. The number of carbonyl (C=O) groups is 1. The molecule has 6 nitrogen and oxygen atoms in total. The van der Waals surface area contributed by atoms with Crippen molar-refractivity contribution in [3.63, 3.8) is 0 Å². The third-order valence-corrected chi connectivity index (χ3v) is 2.49. The highest BCUT2D eigenvalue weighted by Gasteiger charge is 2.22. The molecule has 7 heteroatoms. The highest BCUT2D eigenvalue weighted by molar-refractivity contribution is 6.61. The van der Waals surface area contributed by atoms with Gasteiger partial charge >= 0.3 is 13.2 Å². The smallest absolute Gasteiger partial charge is 0.443 e. The van der Waals surface area contributed by atoms with Gasteiger partial charge in [-0.15, -0.1) is 0 Å². The van der Waals surface area contributed by atoms with Gasteiger partial charge < -0.3 is 14.8 Å². The summed E-state index contributed by atoms with van der Waals surface area (Å²) in [6.45, 7) is 5.31. The van der Waals surface area contributed by atoms with E-state index < -0.39 is 18.8 Å². The van der Waals surface area contributed by atoms with E-state index in [0.717, 1.165) is 0 Å². The Morgan fingerprint density at radius 1 is 1.37 bits per heavy atom. The SMILES string of the molecule is CC(C)(C)OC(=O)n1ccc2c(B(O)O)ccnc21. The largest absolute Gasteiger partial charge is 0.489 e. The summed E-state index contributed by atoms with van der Waals surface area (Å²) in [4.78, 5) is 16.1. The molecule has 2 N–H and O–H groups in total. The highest BCUT2D eigenvalue weighted by Crippen LogP contribution is 2.15. The maximum atomic E-state index is 12.0. The molecule has 0 amide bonds. The van der Waals surface area contributed by atoms with Crippen molar-refractivity contribution in [1.29, 1.82) is 0 Å². The Morgan fingerprint density at radius 3 is 2.63 bits per heavy atom. The topological polar surface area (TPSA) is 84.6 Å². The van der Waals surface area contributed by atoms with Gasteiger partial charge in [0.1, 0.15) is 11.2 Å². The van der Waals surface area contributed by atoms with Crippen LogP contribution in [0.5, 0.6) is 0 Å². The van der Waals surface area contributed by atoms with Crippen molar-refractivity contribution in [1.82, 2.24) is 9.55 Å². The van der Waals surface area contributed by atoms with Crippen molar-refractivity contribution in [2.45, 2.75) is 26.4 Å². The van der Waals surface area contributed by atoms with Crippen molar-refractivity contribution in [3.05, 3.63) is 24.5 Å². The Morgan fingerprint density at radius 2 is 2.05 bits per heavy atom. The minimum absolute atomic E-state index is 0.298. The molecule has 2 aromatic rings. The molecule has 0 spiro atoms. The summed E-state index contributed by atoms with van der Waals surface area (Å²) in [5.74, 6) is 0. The van der Waals surface area contributed by atoms with Crippen LogP contribution in [0.25, 0.3) is 11.0 Å². The van der Waals surface area contributed by atoms with Crippen LogP contribution in [-0.4, -0.2) is 38.4 Å². The maximum Gasteiger partial charge on any atom is 0.489 e. The molecule has 2 aromatic heterocycles. The van der Waals surface area contributed by atoms with Crippen LogP contribution >= 0.6 is 0 Å². The molecule has 0 saturated heterocycles. The molecule has 0 aliphatic carbocycles. The van der Waals surface area contributed by atoms with Gasteiger partial charge in [-0.3, -0.25) is 0 Å². The monoisotopic (exact) mass is 262 g/mol. The van der Waals surface area contributed by atoms with E-state index in [1.165, 1.54) is 23.0 Å². The number of hydrogen-bond acceptors (Lipinski definition) is 5. The fourth-order valence-electron chi connectivity index (χ4n) is 1.74. The van der Waals surface area contributed by atoms with Gasteiger partial charge in [0, 0.05) is 17.8 Å². The molecular weight excluding hydrogens is 247 g/mol. The second-order valence-electron chi connectivity index (χ2n) is 5.18. The zero-order chi connectivity index (χ0) is 14.2. The van der Waals surface area contributed by atoms with Gasteiger partial charge in [-0.1, -0.05) is 0 Å². The molecule has 100 valence electrons. The van der Waals surface area contributed by atoms with Crippen molar-refractivity contribution in [2.24, 2.45) is 0 Å². The van der Waals surface area contributed by atoms with E-state index in [1.54, 1.807) is 26.8 Å². The minimum atomic E-state index is -1.61. The summed E-state index contributed by atoms with van der Waals surface area (Å²) in [6.07, 6.45) is 2.36. The van der Waals surface area contributed by atoms with Crippen LogP contribution in [0, 0.1) is 0 Å². The second-order valence-corrected chi connectivity index (χ2v) is 5.18. The number of pyridine rings is 1. The molecule has 0 bridgehead atoms. The number of hydrogen-bond donors (Lipinski definition) is 2. The second kappa shape index (κ2) is 4.67. The zero-order valence-corrected chi connectivity index (χ0v) is 11.0. The minimum Gasteiger partial charge on any atom is -0.443 e. The van der Waals surface area contributed by atoms with Crippen LogP contribution in [-0.2, 0) is 4.74 Å². The predicted molar refractivity (Wildman–Crippen MR) is 71.2 cm³/mol. The van der Waals surface area contributed by atoms with Crippen LogP contribution in [0.2, 0.25) is 0 Å². The fraction of sp³-hybridized carbons (Fsp3) is 0.333. The molecule has 0 aliphatic rings. The van der Waals surface area contributed by atoms with Crippen LogP contribution in [0.1, 0.15) is 20.8 Å². The van der Waals surface area contributed by atoms with E-state index in [-0.39, 0.29) is 0 Å². The van der Waals surface area contributed by atoms with Crippen molar-refractivity contribution >= 4 is 29.7 Å². The Kier molecular flexibility index (Phi) is 3.34. The maximum absolute atomic E-state index is 12.0. The van der Waals surface area contributed by atoms with Gasteiger partial charge in [0.15, 0.2) is 0 Å². The Balaban J connectivity index is 2.47. The first-order chi connectivity index (χ1) is 8.79. The Labute approximate surface area is 110 Å². The first kappa shape index (κ1) is 13.6. The average Bonchev–Trinajstić information content (AvgIpc) is 2.69. The third-order valence-electron chi connectivity index (χ3n) is 2.49. The van der Waals surface area contributed by atoms with Crippen molar-refractivity contribution < 1.29 is 19.6 Å². The summed E-state index contributed by atoms with van der Waals surface area (Å²) < 4.78 is 6.49. The van der Waals surface area contributed by atoms with Gasteiger partial charge in [-0.05, 0) is 38.4 Å². The summed E-state index contributed by atoms with van der Waals surface area (Å²) in [5, 5.41) is 19.0. The summed E-state index contributed by atoms with van der Waals surface area (Å²) in [5.41, 5.74) is 0.0223. The van der Waals surface area contributed by atoms with E-state index in [4.69, 9.17) is 4.74 Å². The Bertz CT molecular complexity index is 616. The number of aromatic nitrogens is 2. The van der Waals surface area contributed by atoms with Gasteiger partial charge in [0.05, 0.1) is 0 Å². The van der Waals surface area contributed by atoms with Gasteiger partial charge in [0.2, 0.25) is 0 Å². The molecule has 0 fully saturated rings. The lowest BCUT2D eigenvalue weighted by Gasteiger charge is -2.19. The lowest BCUT2D eigenvalue weighted by molar-refractivity contribution is 0.0543. The molecule has 19 heavy (non-hydrogen) atoms. The zero-order valence-electron chi connectivity index (χ0n) is 11.0. The summed E-state index contributed by atoms with van der Waals surface area (Å²) >= 11 is 0. The number of rotatable bonds is 1. The van der Waals surface area contributed by atoms with Gasteiger partial charge in [-0.25, -0.2) is 14.3 Å². The van der Waals surface area contributed by atoms with Crippen LogP contribution in [0.15, 0.2) is 24.5 Å². The van der Waals surface area contributed by atoms with E-state index in [1.807, 2.05) is 0 Å². The standard InChI is InChI=1S/C12H15BN2O4/c1-12(2,3)19-11(16)15-7-5-8-9(13(17)18)4-6-14-10(8)15/h4-7,17-18H,1-3H3. The molecule has 0 aliphatic heterocycles. The molecule has 0 aromatic carbocycles. The van der Waals surface area contributed by atoms with Crippen LogP contribution < -0.4 is 5.46 Å². The molecule has 0 atom stereocenters. The van der Waals surface area contributed by atoms with Crippen LogP contribution in [0.3, 0.4) is 0 Å². The lowest BCUT2D eigenvalue weighted by Crippen LogP contribution is -2.31. The van der Waals surface area contributed by atoms with Crippen molar-refractivity contribution in [2.75, 3.05) is 0 Å². The molecule has 0 radical (unpaired) electrons. The van der Waals surface area contributed by atoms with Gasteiger partial charge in [-0.2, -0.15) is 0 Å². The number of carbonyl (C=O) groups excluding carboxylic acids is 1. The average molecular weight is 262 g/mol.